The minimum Gasteiger partial charge on any atom is -0.480 e. The van der Waals surface area contributed by atoms with Crippen LogP contribution in [-0.4, -0.2) is 49.2 Å². The summed E-state index contributed by atoms with van der Waals surface area (Å²) in [5.74, 6) is -0.752. The van der Waals surface area contributed by atoms with E-state index in [0.717, 1.165) is 0 Å². The highest BCUT2D eigenvalue weighted by atomic mass is 16.4. The second kappa shape index (κ2) is 6.53. The van der Waals surface area contributed by atoms with Crippen molar-refractivity contribution in [2.24, 2.45) is 0 Å². The average molecular weight is 368 g/mol. The Morgan fingerprint density at radius 2 is 2.19 bits per heavy atom. The van der Waals surface area contributed by atoms with Crippen LogP contribution >= 0.6 is 0 Å². The molecule has 140 valence electrons. The van der Waals surface area contributed by atoms with Gasteiger partial charge in [-0.05, 0) is 44.9 Å². The van der Waals surface area contributed by atoms with Crippen molar-refractivity contribution in [3.8, 4) is 11.5 Å². The summed E-state index contributed by atoms with van der Waals surface area (Å²) < 4.78 is 7.20. The maximum absolute atomic E-state index is 13.2. The van der Waals surface area contributed by atoms with Gasteiger partial charge in [-0.2, -0.15) is 5.10 Å². The fourth-order valence-corrected chi connectivity index (χ4v) is 3.54. The summed E-state index contributed by atoms with van der Waals surface area (Å²) >= 11 is 0. The van der Waals surface area contributed by atoms with Gasteiger partial charge in [-0.15, -0.1) is 0 Å². The molecule has 1 saturated heterocycles. The highest BCUT2D eigenvalue weighted by Gasteiger charge is 2.35. The molecule has 0 aromatic carbocycles. The molecule has 3 aromatic rings. The van der Waals surface area contributed by atoms with Gasteiger partial charge in [-0.1, -0.05) is 0 Å². The summed E-state index contributed by atoms with van der Waals surface area (Å²) in [5.41, 5.74) is 1.49. The number of amides is 1. The Morgan fingerprint density at radius 1 is 1.37 bits per heavy atom. The standard InChI is InChI=1S/C19H20N4O4/c1-11(2)23-17-13(10-20-23)12(9-14(21-17)16-6-4-8-27-16)18(24)22-7-3-5-15(22)19(25)26/h4,6,8-11,15H,3,5,7H2,1-2H3,(H,25,26)/t15-/m1/s1. The summed E-state index contributed by atoms with van der Waals surface area (Å²) in [6, 6.07) is 4.45. The van der Waals surface area contributed by atoms with Crippen LogP contribution in [0.25, 0.3) is 22.5 Å². The lowest BCUT2D eigenvalue weighted by Crippen LogP contribution is -2.40. The Kier molecular flexibility index (Phi) is 4.18. The number of likely N-dealkylation sites (tertiary alicyclic amines) is 1. The van der Waals surface area contributed by atoms with Crippen molar-refractivity contribution < 1.29 is 19.1 Å². The SMILES string of the molecule is CC(C)n1ncc2c(C(=O)N3CCC[C@@H]3C(=O)O)cc(-c3ccco3)nc21. The van der Waals surface area contributed by atoms with Gasteiger partial charge in [0.1, 0.15) is 11.7 Å². The van der Waals surface area contributed by atoms with E-state index in [1.165, 1.54) is 4.90 Å². The van der Waals surface area contributed by atoms with Gasteiger partial charge < -0.3 is 14.4 Å². The second-order valence-corrected chi connectivity index (χ2v) is 6.95. The molecule has 1 atom stereocenters. The molecule has 0 saturated carbocycles. The van der Waals surface area contributed by atoms with Gasteiger partial charge in [0.2, 0.25) is 0 Å². The van der Waals surface area contributed by atoms with Gasteiger partial charge in [0, 0.05) is 12.6 Å². The zero-order valence-electron chi connectivity index (χ0n) is 15.1. The Balaban J connectivity index is 1.88. The fourth-order valence-electron chi connectivity index (χ4n) is 3.54. The highest BCUT2D eigenvalue weighted by molar-refractivity contribution is 6.07. The van der Waals surface area contributed by atoms with Crippen LogP contribution in [0.5, 0.6) is 0 Å². The maximum atomic E-state index is 13.2. The van der Waals surface area contributed by atoms with E-state index in [1.807, 2.05) is 13.8 Å². The normalized spacial score (nSPS) is 17.1. The lowest BCUT2D eigenvalue weighted by molar-refractivity contribution is -0.141. The lowest BCUT2D eigenvalue weighted by Gasteiger charge is -2.22. The number of aromatic nitrogens is 3. The van der Waals surface area contributed by atoms with Crippen molar-refractivity contribution in [3.05, 3.63) is 36.2 Å². The van der Waals surface area contributed by atoms with Gasteiger partial charge in [0.05, 0.1) is 23.4 Å². The molecule has 3 aromatic heterocycles. The van der Waals surface area contributed by atoms with Crippen LogP contribution < -0.4 is 0 Å². The number of carboxylic acid groups (broad SMARTS) is 1. The Hall–Kier alpha value is -3.16. The molecule has 8 heteroatoms. The number of aliphatic carboxylic acids is 1. The summed E-state index contributed by atoms with van der Waals surface area (Å²) in [5, 5.41) is 14.4. The number of carbonyl (C=O) groups is 2. The van der Waals surface area contributed by atoms with Gasteiger partial charge in [-0.3, -0.25) is 4.79 Å². The Morgan fingerprint density at radius 3 is 2.85 bits per heavy atom. The van der Waals surface area contributed by atoms with Crippen LogP contribution in [0.1, 0.15) is 43.1 Å². The summed E-state index contributed by atoms with van der Waals surface area (Å²) in [6.07, 6.45) is 4.30. The molecule has 27 heavy (non-hydrogen) atoms. The third-order valence-electron chi connectivity index (χ3n) is 4.86. The van der Waals surface area contributed by atoms with Gasteiger partial charge in [0.15, 0.2) is 11.4 Å². The van der Waals surface area contributed by atoms with E-state index < -0.39 is 12.0 Å². The number of rotatable bonds is 4. The van der Waals surface area contributed by atoms with Crippen LogP contribution in [0.15, 0.2) is 35.1 Å². The largest absolute Gasteiger partial charge is 0.480 e. The molecule has 1 aliphatic rings. The molecule has 4 heterocycles. The molecule has 1 N–H and O–H groups in total. The summed E-state index contributed by atoms with van der Waals surface area (Å²) in [4.78, 5) is 30.8. The first-order valence-electron chi connectivity index (χ1n) is 8.93. The number of carboxylic acids is 1. The molecular weight excluding hydrogens is 348 g/mol. The van der Waals surface area contributed by atoms with Crippen LogP contribution in [0.3, 0.4) is 0 Å². The van der Waals surface area contributed by atoms with Crippen molar-refractivity contribution in [2.45, 2.75) is 38.8 Å². The maximum Gasteiger partial charge on any atom is 0.326 e. The van der Waals surface area contributed by atoms with Gasteiger partial charge in [-0.25, -0.2) is 14.5 Å². The summed E-state index contributed by atoms with van der Waals surface area (Å²) in [6.45, 7) is 4.39. The van der Waals surface area contributed by atoms with E-state index in [2.05, 4.69) is 10.1 Å². The number of pyridine rings is 1. The first kappa shape index (κ1) is 17.3. The number of nitrogens with zero attached hydrogens (tertiary/aromatic N) is 4. The minimum atomic E-state index is -0.977. The molecule has 1 amide bonds. The number of hydrogen-bond donors (Lipinski definition) is 1. The topological polar surface area (TPSA) is 101 Å². The quantitative estimate of drug-likeness (QED) is 0.760. The number of furan rings is 1. The first-order valence-corrected chi connectivity index (χ1v) is 8.93. The van der Waals surface area contributed by atoms with E-state index in [4.69, 9.17) is 4.42 Å². The molecule has 1 fully saturated rings. The zero-order chi connectivity index (χ0) is 19.1. The van der Waals surface area contributed by atoms with E-state index in [9.17, 15) is 14.7 Å². The van der Waals surface area contributed by atoms with Crippen molar-refractivity contribution in [1.29, 1.82) is 0 Å². The zero-order valence-corrected chi connectivity index (χ0v) is 15.1. The smallest absolute Gasteiger partial charge is 0.326 e. The third kappa shape index (κ3) is 2.87. The molecule has 0 radical (unpaired) electrons. The number of fused-ring (bicyclic) bond motifs is 1. The van der Waals surface area contributed by atoms with Crippen LogP contribution in [0.2, 0.25) is 0 Å². The van der Waals surface area contributed by atoms with Crippen LogP contribution in [-0.2, 0) is 4.79 Å². The van der Waals surface area contributed by atoms with Crippen LogP contribution in [0.4, 0.5) is 0 Å². The number of carbonyl (C=O) groups excluding carboxylic acids is 1. The molecule has 0 bridgehead atoms. The van der Waals surface area contributed by atoms with Crippen LogP contribution in [0, 0.1) is 0 Å². The molecule has 0 aliphatic carbocycles. The predicted octanol–water partition coefficient (Wildman–Crippen LogP) is 2.96. The van der Waals surface area contributed by atoms with E-state index in [1.54, 1.807) is 35.3 Å². The molecule has 8 nitrogen and oxygen atoms in total. The fraction of sp³-hybridized carbons (Fsp3) is 0.368. The van der Waals surface area contributed by atoms with E-state index in [-0.39, 0.29) is 11.9 Å². The molecular formula is C19H20N4O4. The average Bonchev–Trinajstić information content (AvgIpc) is 3.39. The Labute approximate surface area is 155 Å². The van der Waals surface area contributed by atoms with Gasteiger partial charge >= 0.3 is 5.97 Å². The lowest BCUT2D eigenvalue weighted by atomic mass is 10.1. The van der Waals surface area contributed by atoms with Crippen molar-refractivity contribution in [3.63, 3.8) is 0 Å². The molecule has 1 aliphatic heterocycles. The number of hydrogen-bond acceptors (Lipinski definition) is 5. The first-order chi connectivity index (χ1) is 13.0. The van der Waals surface area contributed by atoms with E-state index in [0.29, 0.717) is 47.4 Å². The molecule has 0 spiro atoms. The minimum absolute atomic E-state index is 0.0587. The van der Waals surface area contributed by atoms with Crippen molar-refractivity contribution in [1.82, 2.24) is 19.7 Å². The van der Waals surface area contributed by atoms with E-state index >= 15 is 0 Å². The predicted molar refractivity (Wildman–Crippen MR) is 97.3 cm³/mol. The van der Waals surface area contributed by atoms with Gasteiger partial charge in [0.25, 0.3) is 5.91 Å². The third-order valence-corrected chi connectivity index (χ3v) is 4.86. The summed E-state index contributed by atoms with van der Waals surface area (Å²) in [7, 11) is 0. The van der Waals surface area contributed by atoms with Crippen molar-refractivity contribution >= 4 is 22.9 Å². The monoisotopic (exact) mass is 368 g/mol. The molecule has 0 unspecified atom stereocenters. The molecule has 4 rings (SSSR count). The highest BCUT2D eigenvalue weighted by Crippen LogP contribution is 2.29. The van der Waals surface area contributed by atoms with Crippen molar-refractivity contribution in [2.75, 3.05) is 6.54 Å². The Bertz CT molecular complexity index is 1010. The second-order valence-electron chi connectivity index (χ2n) is 6.95.